The van der Waals surface area contributed by atoms with Crippen LogP contribution in [0.25, 0.3) is 0 Å². The maximum Gasteiger partial charge on any atom is 0.255 e. The lowest BCUT2D eigenvalue weighted by molar-refractivity contribution is -0.156. The number of primary amides is 2. The van der Waals surface area contributed by atoms with E-state index < -0.39 is 11.8 Å². The van der Waals surface area contributed by atoms with Crippen molar-refractivity contribution in [2.45, 2.75) is 90.6 Å². The van der Waals surface area contributed by atoms with Crippen LogP contribution in [0.2, 0.25) is 0 Å². The summed E-state index contributed by atoms with van der Waals surface area (Å²) in [5, 5.41) is 11.0. The van der Waals surface area contributed by atoms with E-state index in [1.807, 2.05) is 12.1 Å². The lowest BCUT2D eigenvalue weighted by Gasteiger charge is -2.62. The quantitative estimate of drug-likeness (QED) is 0.400. The van der Waals surface area contributed by atoms with Crippen LogP contribution in [-0.4, -0.2) is 42.0 Å². The Balaban J connectivity index is 1.34. The van der Waals surface area contributed by atoms with E-state index in [0.717, 1.165) is 76.2 Å². The molecule has 2 amide bonds. The van der Waals surface area contributed by atoms with Crippen molar-refractivity contribution in [3.8, 4) is 11.5 Å². The number of hydrogen-bond acceptors (Lipinski definition) is 6. The van der Waals surface area contributed by atoms with Gasteiger partial charge >= 0.3 is 0 Å². The summed E-state index contributed by atoms with van der Waals surface area (Å²) in [7, 11) is 0. The molecule has 40 heavy (non-hydrogen) atoms. The second kappa shape index (κ2) is 11.3. The van der Waals surface area contributed by atoms with E-state index in [-0.39, 0.29) is 30.1 Å². The van der Waals surface area contributed by atoms with Crippen LogP contribution in [0.1, 0.15) is 83.6 Å². The number of rotatable bonds is 10. The zero-order chi connectivity index (χ0) is 28.7. The number of amides is 2. The van der Waals surface area contributed by atoms with Crippen LogP contribution in [0.4, 0.5) is 0 Å². The number of carbonyl (C=O) groups is 3. The first kappa shape index (κ1) is 28.9. The molecule has 4 aliphatic carbocycles. The number of ketones is 1. The van der Waals surface area contributed by atoms with Crippen LogP contribution >= 0.6 is 0 Å². The highest BCUT2D eigenvalue weighted by Gasteiger charge is 2.62. The third-order valence-electron chi connectivity index (χ3n) is 11.4. The molecule has 1 unspecified atom stereocenters. The van der Waals surface area contributed by atoms with E-state index in [9.17, 15) is 19.5 Å². The Labute approximate surface area is 237 Å². The molecule has 0 radical (unpaired) electrons. The van der Waals surface area contributed by atoms with Gasteiger partial charge in [-0.25, -0.2) is 0 Å². The number of fused-ring (bicyclic) bond motifs is 5. The number of carbonyl (C=O) groups excluding carboxylic acids is 3. The molecule has 0 aliphatic heterocycles. The molecule has 5 rings (SSSR count). The molecule has 4 fully saturated rings. The Bertz CT molecular complexity index is 1100. The molecule has 8 heteroatoms. The molecule has 5 N–H and O–H groups in total. The lowest BCUT2D eigenvalue weighted by atomic mass is 9.42. The van der Waals surface area contributed by atoms with Crippen LogP contribution < -0.4 is 20.9 Å². The van der Waals surface area contributed by atoms with E-state index in [1.54, 1.807) is 6.07 Å². The van der Waals surface area contributed by atoms with Gasteiger partial charge in [0.05, 0.1) is 6.10 Å². The van der Waals surface area contributed by atoms with Crippen molar-refractivity contribution in [3.05, 3.63) is 23.8 Å². The SMILES string of the molecule is C[C@]12CC[C@H]3[C@@H]([C@H](CCCc4cc(OCC(N)=O)cc(OCC(N)=O)c4)CC4CC(=O)CC[C@@]43C)[C@@H]1CC[C@@H]2O. The van der Waals surface area contributed by atoms with Crippen molar-refractivity contribution in [1.82, 2.24) is 0 Å². The van der Waals surface area contributed by atoms with Gasteiger partial charge in [-0.05, 0) is 116 Å². The molecule has 0 saturated heterocycles. The van der Waals surface area contributed by atoms with Gasteiger partial charge in [-0.1, -0.05) is 13.8 Å². The fourth-order valence-corrected chi connectivity index (χ4v) is 9.31. The van der Waals surface area contributed by atoms with Crippen molar-refractivity contribution in [3.63, 3.8) is 0 Å². The van der Waals surface area contributed by atoms with Gasteiger partial charge in [0.2, 0.25) is 0 Å². The number of nitrogens with two attached hydrogens (primary N) is 2. The van der Waals surface area contributed by atoms with E-state index in [1.165, 1.54) is 0 Å². The van der Waals surface area contributed by atoms with Crippen LogP contribution in [0.15, 0.2) is 18.2 Å². The molecular formula is C32H46N2O6. The second-order valence-electron chi connectivity index (χ2n) is 13.6. The fraction of sp³-hybridized carbons (Fsp3) is 0.719. The number of aliphatic hydroxyl groups excluding tert-OH is 1. The van der Waals surface area contributed by atoms with Gasteiger partial charge in [0.1, 0.15) is 17.3 Å². The number of hydrogen-bond donors (Lipinski definition) is 3. The summed E-state index contributed by atoms with van der Waals surface area (Å²) in [5.74, 6) is 2.95. The third kappa shape index (κ3) is 5.61. The molecule has 8 nitrogen and oxygen atoms in total. The van der Waals surface area contributed by atoms with Gasteiger partial charge in [0.25, 0.3) is 11.8 Å². The van der Waals surface area contributed by atoms with Crippen molar-refractivity contribution in [2.75, 3.05) is 13.2 Å². The summed E-state index contributed by atoms with van der Waals surface area (Å²) in [6, 6.07) is 5.42. The van der Waals surface area contributed by atoms with Gasteiger partial charge < -0.3 is 26.0 Å². The Morgan fingerprint density at radius 1 is 0.950 bits per heavy atom. The predicted molar refractivity (Wildman–Crippen MR) is 150 cm³/mol. The molecular weight excluding hydrogens is 508 g/mol. The molecule has 220 valence electrons. The number of benzene rings is 1. The first-order chi connectivity index (χ1) is 19.0. The summed E-state index contributed by atoms with van der Waals surface area (Å²) in [4.78, 5) is 35.0. The minimum Gasteiger partial charge on any atom is -0.484 e. The largest absolute Gasteiger partial charge is 0.484 e. The summed E-state index contributed by atoms with van der Waals surface area (Å²) >= 11 is 0. The van der Waals surface area contributed by atoms with Gasteiger partial charge in [-0.2, -0.15) is 0 Å². The molecule has 0 bridgehead atoms. The van der Waals surface area contributed by atoms with E-state index >= 15 is 0 Å². The minimum atomic E-state index is -0.568. The van der Waals surface area contributed by atoms with Gasteiger partial charge in [-0.3, -0.25) is 14.4 Å². The molecule has 0 aromatic heterocycles. The monoisotopic (exact) mass is 554 g/mol. The first-order valence-electron chi connectivity index (χ1n) is 15.2. The Hall–Kier alpha value is -2.61. The van der Waals surface area contributed by atoms with Gasteiger partial charge in [0.15, 0.2) is 13.2 Å². The Morgan fingerprint density at radius 2 is 1.60 bits per heavy atom. The molecule has 4 aliphatic rings. The van der Waals surface area contributed by atoms with Crippen LogP contribution in [0.5, 0.6) is 11.5 Å². The predicted octanol–water partition coefficient (Wildman–Crippen LogP) is 3.94. The van der Waals surface area contributed by atoms with E-state index in [2.05, 4.69) is 13.8 Å². The van der Waals surface area contributed by atoms with Crippen molar-refractivity contribution >= 4 is 17.6 Å². The number of aryl methyl sites for hydroxylation is 1. The summed E-state index contributed by atoms with van der Waals surface area (Å²) in [6.07, 6.45) is 10.4. The van der Waals surface area contributed by atoms with E-state index in [4.69, 9.17) is 20.9 Å². The van der Waals surface area contributed by atoms with Gasteiger partial charge in [0, 0.05) is 18.9 Å². The van der Waals surface area contributed by atoms with Gasteiger partial charge in [-0.15, -0.1) is 0 Å². The summed E-state index contributed by atoms with van der Waals surface area (Å²) < 4.78 is 11.1. The first-order valence-corrected chi connectivity index (χ1v) is 15.2. The number of Topliss-reactive ketones (excluding diaryl/α,β-unsaturated/α-hetero) is 1. The topological polar surface area (TPSA) is 142 Å². The molecule has 0 spiro atoms. The Kier molecular flexibility index (Phi) is 8.20. The normalized spacial score (nSPS) is 36.7. The molecule has 1 aromatic rings. The number of aliphatic hydroxyl groups is 1. The van der Waals surface area contributed by atoms with Crippen molar-refractivity contribution < 1.29 is 29.0 Å². The average molecular weight is 555 g/mol. The molecule has 8 atom stereocenters. The zero-order valence-electron chi connectivity index (χ0n) is 24.0. The maximum absolute atomic E-state index is 12.5. The van der Waals surface area contributed by atoms with Crippen LogP contribution in [0, 0.1) is 40.4 Å². The maximum atomic E-state index is 12.5. The smallest absolute Gasteiger partial charge is 0.255 e. The lowest BCUT2D eigenvalue weighted by Crippen LogP contribution is -2.57. The fourth-order valence-electron chi connectivity index (χ4n) is 9.31. The highest BCUT2D eigenvalue weighted by Crippen LogP contribution is 2.67. The summed E-state index contributed by atoms with van der Waals surface area (Å²) in [5.41, 5.74) is 11.7. The molecule has 1 aromatic carbocycles. The van der Waals surface area contributed by atoms with Crippen LogP contribution in [0.3, 0.4) is 0 Å². The highest BCUT2D eigenvalue weighted by molar-refractivity contribution is 5.79. The minimum absolute atomic E-state index is 0.00582. The van der Waals surface area contributed by atoms with Crippen LogP contribution in [-0.2, 0) is 20.8 Å². The highest BCUT2D eigenvalue weighted by atomic mass is 16.5. The van der Waals surface area contributed by atoms with Crippen molar-refractivity contribution in [2.24, 2.45) is 51.9 Å². The molecule has 4 saturated carbocycles. The number of ether oxygens (including phenoxy) is 2. The van der Waals surface area contributed by atoms with E-state index in [0.29, 0.717) is 46.9 Å². The summed E-state index contributed by atoms with van der Waals surface area (Å²) in [6.45, 7) is 4.31. The standard InChI is InChI=1S/C32H46N2O6/c1-31-10-8-22(35)15-21(31)14-20(30-25-6-7-27(36)32(25,2)11-9-26(30)31)5-3-4-19-12-23(39-17-28(33)37)16-24(13-19)40-18-29(34)38/h12-13,16,20-21,25-27,30,36H,3-11,14-15,17-18H2,1-2H3,(H2,33,37)(H2,34,38)/t20-,21?,25+,26+,27+,30+,31+,32+/m1/s1. The zero-order valence-corrected chi connectivity index (χ0v) is 24.0. The average Bonchev–Trinajstić information content (AvgIpc) is 3.21. The Morgan fingerprint density at radius 3 is 2.25 bits per heavy atom. The van der Waals surface area contributed by atoms with Crippen molar-refractivity contribution in [1.29, 1.82) is 0 Å². The third-order valence-corrected chi connectivity index (χ3v) is 11.4. The molecule has 0 heterocycles. The second-order valence-corrected chi connectivity index (χ2v) is 13.6.